The molecule has 1 rings (SSSR count). The van der Waals surface area contributed by atoms with Gasteiger partial charge in [-0.2, -0.15) is 0 Å². The van der Waals surface area contributed by atoms with Crippen molar-refractivity contribution in [2.45, 2.75) is 31.6 Å². The molecular weight excluding hydrogens is 278 g/mol. The monoisotopic (exact) mass is 295 g/mol. The summed E-state index contributed by atoms with van der Waals surface area (Å²) in [7, 11) is 0. The number of benzene rings is 1. The minimum absolute atomic E-state index is 0.229. The minimum atomic E-state index is -1.17. The Morgan fingerprint density at radius 3 is 2.20 bits per heavy atom. The maximum absolute atomic E-state index is 12.1. The lowest BCUT2D eigenvalue weighted by atomic mass is 10.0. The van der Waals surface area contributed by atoms with Crippen LogP contribution < -0.4 is 5.32 Å². The topological polar surface area (TPSA) is 83.5 Å². The van der Waals surface area contributed by atoms with Crippen LogP contribution in [0.5, 0.6) is 0 Å². The molecule has 1 atom stereocenters. The predicted molar refractivity (Wildman–Crippen MR) is 77.7 cm³/mol. The van der Waals surface area contributed by atoms with Gasteiger partial charge in [0.2, 0.25) is 11.0 Å². The fourth-order valence-corrected chi connectivity index (χ4v) is 2.68. The third-order valence-electron chi connectivity index (χ3n) is 2.65. The van der Waals surface area contributed by atoms with Crippen molar-refractivity contribution in [3.8, 4) is 0 Å². The highest BCUT2D eigenvalue weighted by atomic mass is 32.2. The van der Waals surface area contributed by atoms with E-state index in [4.69, 9.17) is 0 Å². The van der Waals surface area contributed by atoms with Gasteiger partial charge in [-0.05, 0) is 13.8 Å². The number of hydrogen-bond donors (Lipinski definition) is 2. The molecule has 0 aliphatic rings. The zero-order chi connectivity index (χ0) is 15.3. The Morgan fingerprint density at radius 1 is 1.20 bits per heavy atom. The van der Waals surface area contributed by atoms with Gasteiger partial charge in [-0.25, -0.2) is 4.79 Å². The number of rotatable bonds is 5. The number of thioether (sulfide) groups is 1. The molecule has 0 bridgehead atoms. The standard InChI is InChI=1S/C14H17NO4S/c1-9(16)15-11(12(17)18)14(2,3)20-13(19)10-7-5-4-6-8-10/h4-8,11H,1-3H3,(H,15,16)(H,17,18)/t11-/m1/s1. The smallest absolute Gasteiger partial charge is 0.327 e. The maximum Gasteiger partial charge on any atom is 0.327 e. The summed E-state index contributed by atoms with van der Waals surface area (Å²) in [6.45, 7) is 4.48. The summed E-state index contributed by atoms with van der Waals surface area (Å²) in [5.74, 6) is -1.61. The Hall–Kier alpha value is -1.82. The first-order valence-corrected chi connectivity index (χ1v) is 6.84. The van der Waals surface area contributed by atoms with Crippen LogP contribution in [0.4, 0.5) is 0 Å². The third-order valence-corrected chi connectivity index (χ3v) is 3.84. The first-order valence-electron chi connectivity index (χ1n) is 6.02. The summed E-state index contributed by atoms with van der Waals surface area (Å²) in [4.78, 5) is 34.5. The first-order chi connectivity index (χ1) is 9.24. The Bertz CT molecular complexity index is 513. The highest BCUT2D eigenvalue weighted by Crippen LogP contribution is 2.31. The van der Waals surface area contributed by atoms with Gasteiger partial charge in [-0.3, -0.25) is 9.59 Å². The average Bonchev–Trinajstić information content (AvgIpc) is 2.35. The van der Waals surface area contributed by atoms with Gasteiger partial charge in [0.1, 0.15) is 6.04 Å². The lowest BCUT2D eigenvalue weighted by molar-refractivity contribution is -0.142. The summed E-state index contributed by atoms with van der Waals surface area (Å²) in [5, 5.41) is 11.3. The van der Waals surface area contributed by atoms with Crippen molar-refractivity contribution in [3.63, 3.8) is 0 Å². The fraction of sp³-hybridized carbons (Fsp3) is 0.357. The van der Waals surface area contributed by atoms with Gasteiger partial charge in [0.05, 0.1) is 0 Å². The highest BCUT2D eigenvalue weighted by Gasteiger charge is 2.38. The van der Waals surface area contributed by atoms with Crippen LogP contribution in [0, 0.1) is 0 Å². The van der Waals surface area contributed by atoms with E-state index in [9.17, 15) is 19.5 Å². The molecule has 0 aliphatic carbocycles. The number of aliphatic carboxylic acids is 1. The van der Waals surface area contributed by atoms with Crippen molar-refractivity contribution in [2.24, 2.45) is 0 Å². The molecule has 0 saturated carbocycles. The summed E-state index contributed by atoms with van der Waals surface area (Å²) >= 11 is 0.899. The molecule has 6 heteroatoms. The van der Waals surface area contributed by atoms with E-state index in [2.05, 4.69) is 5.32 Å². The van der Waals surface area contributed by atoms with Gasteiger partial charge in [-0.1, -0.05) is 42.1 Å². The van der Waals surface area contributed by atoms with Crippen LogP contribution in [-0.4, -0.2) is 32.9 Å². The average molecular weight is 295 g/mol. The van der Waals surface area contributed by atoms with E-state index in [0.29, 0.717) is 5.56 Å². The minimum Gasteiger partial charge on any atom is -0.480 e. The summed E-state index contributed by atoms with van der Waals surface area (Å²) < 4.78 is -0.968. The number of carboxylic acids is 1. The number of hydrogen-bond acceptors (Lipinski definition) is 4. The molecular formula is C14H17NO4S. The molecule has 0 spiro atoms. The SMILES string of the molecule is CC(=O)N[C@H](C(=O)O)C(C)(C)SC(=O)c1ccccc1. The zero-order valence-electron chi connectivity index (χ0n) is 11.5. The molecule has 0 saturated heterocycles. The maximum atomic E-state index is 12.1. The molecule has 0 fully saturated rings. The Balaban J connectivity index is 2.89. The van der Waals surface area contributed by atoms with Crippen LogP contribution >= 0.6 is 11.8 Å². The predicted octanol–water partition coefficient (Wildman–Crippen LogP) is 1.93. The van der Waals surface area contributed by atoms with Crippen LogP contribution in [0.3, 0.4) is 0 Å². The molecule has 0 unspecified atom stereocenters. The Labute approximate surface area is 121 Å². The zero-order valence-corrected chi connectivity index (χ0v) is 12.4. The highest BCUT2D eigenvalue weighted by molar-refractivity contribution is 8.15. The molecule has 108 valence electrons. The Morgan fingerprint density at radius 2 is 1.75 bits per heavy atom. The molecule has 5 nitrogen and oxygen atoms in total. The van der Waals surface area contributed by atoms with Crippen LogP contribution in [-0.2, 0) is 9.59 Å². The van der Waals surface area contributed by atoms with Crippen molar-refractivity contribution in [1.29, 1.82) is 0 Å². The lowest BCUT2D eigenvalue weighted by Gasteiger charge is -2.30. The Kier molecular flexibility index (Phi) is 5.33. The van der Waals surface area contributed by atoms with Gasteiger partial charge in [-0.15, -0.1) is 0 Å². The van der Waals surface area contributed by atoms with Gasteiger partial charge in [0.25, 0.3) is 0 Å². The van der Waals surface area contributed by atoms with Gasteiger partial charge in [0, 0.05) is 17.2 Å². The molecule has 2 N–H and O–H groups in total. The second-order valence-electron chi connectivity index (χ2n) is 4.83. The first kappa shape index (κ1) is 16.2. The summed E-state index contributed by atoms with van der Waals surface area (Å²) in [5.41, 5.74) is 0.498. The van der Waals surface area contributed by atoms with E-state index < -0.39 is 22.7 Å². The number of carbonyl (C=O) groups excluding carboxylic acids is 2. The van der Waals surface area contributed by atoms with E-state index in [1.54, 1.807) is 44.2 Å². The van der Waals surface area contributed by atoms with Crippen LogP contribution in [0.2, 0.25) is 0 Å². The number of nitrogens with one attached hydrogen (secondary N) is 1. The molecule has 0 heterocycles. The van der Waals surface area contributed by atoms with Crippen LogP contribution in [0.15, 0.2) is 30.3 Å². The molecule has 1 aromatic carbocycles. The second-order valence-corrected chi connectivity index (χ2v) is 6.46. The number of carboxylic acid groups (broad SMARTS) is 1. The van der Waals surface area contributed by atoms with E-state index in [-0.39, 0.29) is 5.12 Å². The quantitative estimate of drug-likeness (QED) is 0.867. The van der Waals surface area contributed by atoms with Crippen molar-refractivity contribution < 1.29 is 19.5 Å². The van der Waals surface area contributed by atoms with Crippen molar-refractivity contribution >= 4 is 28.8 Å². The molecule has 0 aromatic heterocycles. The third kappa shape index (κ3) is 4.38. The van der Waals surface area contributed by atoms with E-state index in [1.165, 1.54) is 6.92 Å². The largest absolute Gasteiger partial charge is 0.480 e. The van der Waals surface area contributed by atoms with Crippen LogP contribution in [0.25, 0.3) is 0 Å². The molecule has 1 amide bonds. The molecule has 20 heavy (non-hydrogen) atoms. The van der Waals surface area contributed by atoms with E-state index in [1.807, 2.05) is 0 Å². The molecule has 0 radical (unpaired) electrons. The fourth-order valence-electron chi connectivity index (χ4n) is 1.67. The van der Waals surface area contributed by atoms with E-state index in [0.717, 1.165) is 11.8 Å². The molecule has 0 aliphatic heterocycles. The van der Waals surface area contributed by atoms with Crippen molar-refractivity contribution in [1.82, 2.24) is 5.32 Å². The normalized spacial score (nSPS) is 12.6. The lowest BCUT2D eigenvalue weighted by Crippen LogP contribution is -2.52. The van der Waals surface area contributed by atoms with Gasteiger partial charge in [0.15, 0.2) is 0 Å². The van der Waals surface area contributed by atoms with Gasteiger partial charge >= 0.3 is 5.97 Å². The summed E-state index contributed by atoms with van der Waals surface area (Å²) in [6.07, 6.45) is 0. The van der Waals surface area contributed by atoms with Gasteiger partial charge < -0.3 is 10.4 Å². The molecule has 1 aromatic rings. The summed E-state index contributed by atoms with van der Waals surface area (Å²) in [6, 6.07) is 7.47. The number of carbonyl (C=O) groups is 3. The van der Waals surface area contributed by atoms with Crippen molar-refractivity contribution in [3.05, 3.63) is 35.9 Å². The second kappa shape index (κ2) is 6.56. The van der Waals surface area contributed by atoms with E-state index >= 15 is 0 Å². The van der Waals surface area contributed by atoms with Crippen molar-refractivity contribution in [2.75, 3.05) is 0 Å². The van der Waals surface area contributed by atoms with Crippen LogP contribution in [0.1, 0.15) is 31.1 Å². The number of amides is 1.